The molecular formula is C26H20Cl2N2O5S. The summed E-state index contributed by atoms with van der Waals surface area (Å²) < 4.78 is 11.1. The largest absolute Gasteiger partial charge is 0.490 e. The van der Waals surface area contributed by atoms with Gasteiger partial charge in [-0.15, -0.1) is 0 Å². The molecule has 0 aliphatic carbocycles. The molecule has 1 fully saturated rings. The second-order valence-corrected chi connectivity index (χ2v) is 9.31. The van der Waals surface area contributed by atoms with Crippen LogP contribution < -0.4 is 14.8 Å². The minimum absolute atomic E-state index is 0.0891. The van der Waals surface area contributed by atoms with Crippen molar-refractivity contribution in [3.05, 3.63) is 93.3 Å². The molecule has 0 aromatic heterocycles. The van der Waals surface area contributed by atoms with Crippen LogP contribution in [0.4, 0.5) is 10.5 Å². The van der Waals surface area contributed by atoms with E-state index >= 15 is 0 Å². The number of nitrogens with zero attached hydrogens (tertiary/aromatic N) is 1. The average Bonchev–Trinajstić information content (AvgIpc) is 3.12. The summed E-state index contributed by atoms with van der Waals surface area (Å²) in [6.07, 6.45) is 1.58. The van der Waals surface area contributed by atoms with E-state index in [1.807, 2.05) is 18.2 Å². The van der Waals surface area contributed by atoms with Crippen LogP contribution in [0.1, 0.15) is 5.56 Å². The van der Waals surface area contributed by atoms with E-state index in [0.29, 0.717) is 27.8 Å². The molecule has 1 saturated heterocycles. The predicted molar refractivity (Wildman–Crippen MR) is 142 cm³/mol. The van der Waals surface area contributed by atoms with E-state index in [2.05, 4.69) is 5.32 Å². The Balaban J connectivity index is 1.33. The lowest BCUT2D eigenvalue weighted by Gasteiger charge is -2.13. The molecule has 0 spiro atoms. The Hall–Kier alpha value is -3.46. The standard InChI is InChI=1S/C26H20Cl2N2O5S/c27-19-8-4-5-9-21(19)34-13-12-30-25(32)23(36-26(30)33)15-17-10-11-22(20(28)14-17)35-16-24(31)29-18-6-2-1-3-7-18/h1-11,14-15H,12-13,16H2,(H,29,31)/b23-15-. The van der Waals surface area contributed by atoms with Gasteiger partial charge in [0, 0.05) is 5.69 Å². The first-order chi connectivity index (χ1) is 17.4. The number of hydrogen-bond acceptors (Lipinski definition) is 6. The summed E-state index contributed by atoms with van der Waals surface area (Å²) >= 11 is 13.2. The van der Waals surface area contributed by atoms with Gasteiger partial charge in [0.25, 0.3) is 17.1 Å². The van der Waals surface area contributed by atoms with Gasteiger partial charge in [0.2, 0.25) is 0 Å². The van der Waals surface area contributed by atoms with Gasteiger partial charge in [-0.2, -0.15) is 0 Å². The molecule has 10 heteroatoms. The normalized spacial score (nSPS) is 14.3. The highest BCUT2D eigenvalue weighted by atomic mass is 35.5. The van der Waals surface area contributed by atoms with Crippen LogP contribution in [0.5, 0.6) is 11.5 Å². The van der Waals surface area contributed by atoms with E-state index in [1.54, 1.807) is 60.7 Å². The highest BCUT2D eigenvalue weighted by Crippen LogP contribution is 2.34. The number of rotatable bonds is 9. The molecule has 0 unspecified atom stereocenters. The molecule has 1 N–H and O–H groups in total. The number of para-hydroxylation sites is 2. The first-order valence-electron chi connectivity index (χ1n) is 10.8. The van der Waals surface area contributed by atoms with Gasteiger partial charge in [0.15, 0.2) is 6.61 Å². The van der Waals surface area contributed by atoms with Crippen LogP contribution in [0.15, 0.2) is 77.7 Å². The molecule has 184 valence electrons. The zero-order chi connectivity index (χ0) is 25.5. The number of amides is 3. The van der Waals surface area contributed by atoms with Gasteiger partial charge >= 0.3 is 0 Å². The van der Waals surface area contributed by atoms with Gasteiger partial charge in [-0.3, -0.25) is 19.3 Å². The molecule has 3 amide bonds. The molecule has 1 aliphatic heterocycles. The van der Waals surface area contributed by atoms with Crippen LogP contribution in [-0.4, -0.2) is 41.7 Å². The molecule has 4 rings (SSSR count). The Bertz CT molecular complexity index is 1320. The van der Waals surface area contributed by atoms with Crippen molar-refractivity contribution >= 4 is 63.8 Å². The van der Waals surface area contributed by atoms with E-state index in [0.717, 1.165) is 16.7 Å². The minimum Gasteiger partial charge on any atom is -0.490 e. The predicted octanol–water partition coefficient (Wildman–Crippen LogP) is 6.13. The number of hydrogen-bond donors (Lipinski definition) is 1. The fourth-order valence-electron chi connectivity index (χ4n) is 3.24. The second kappa shape index (κ2) is 12.0. The zero-order valence-electron chi connectivity index (χ0n) is 18.8. The van der Waals surface area contributed by atoms with Crippen molar-refractivity contribution in [2.45, 2.75) is 0 Å². The van der Waals surface area contributed by atoms with Crippen molar-refractivity contribution < 1.29 is 23.9 Å². The molecule has 0 atom stereocenters. The first-order valence-corrected chi connectivity index (χ1v) is 12.4. The van der Waals surface area contributed by atoms with Gasteiger partial charge in [-0.05, 0) is 59.8 Å². The molecule has 1 heterocycles. The summed E-state index contributed by atoms with van der Waals surface area (Å²) in [5.74, 6) is 0.0633. The Kier molecular flexibility index (Phi) is 8.53. The third-order valence-electron chi connectivity index (χ3n) is 4.95. The summed E-state index contributed by atoms with van der Waals surface area (Å²) in [6, 6.07) is 20.9. The number of nitrogens with one attached hydrogen (secondary N) is 1. The van der Waals surface area contributed by atoms with Crippen LogP contribution >= 0.6 is 35.0 Å². The topological polar surface area (TPSA) is 84.9 Å². The number of halogens is 2. The summed E-state index contributed by atoms with van der Waals surface area (Å²) in [5.41, 5.74) is 1.27. The van der Waals surface area contributed by atoms with E-state index < -0.39 is 5.91 Å². The Labute approximate surface area is 222 Å². The lowest BCUT2D eigenvalue weighted by Crippen LogP contribution is -2.32. The van der Waals surface area contributed by atoms with Crippen molar-refractivity contribution in [3.63, 3.8) is 0 Å². The Morgan fingerprint density at radius 3 is 2.39 bits per heavy atom. The SMILES string of the molecule is O=C(COc1ccc(/C=C2\SC(=O)N(CCOc3ccccc3Cl)C2=O)cc1Cl)Nc1ccccc1. The zero-order valence-corrected chi connectivity index (χ0v) is 21.1. The third kappa shape index (κ3) is 6.60. The minimum atomic E-state index is -0.415. The maximum atomic E-state index is 12.7. The Morgan fingerprint density at radius 1 is 0.917 bits per heavy atom. The van der Waals surface area contributed by atoms with Crippen LogP contribution in [-0.2, 0) is 9.59 Å². The molecule has 0 radical (unpaired) electrons. The highest BCUT2D eigenvalue weighted by molar-refractivity contribution is 8.18. The van der Waals surface area contributed by atoms with Crippen molar-refractivity contribution in [2.24, 2.45) is 0 Å². The number of thioether (sulfide) groups is 1. The summed E-state index contributed by atoms with van der Waals surface area (Å²) in [4.78, 5) is 38.6. The van der Waals surface area contributed by atoms with E-state index in [-0.39, 0.29) is 40.8 Å². The molecule has 3 aromatic carbocycles. The quantitative estimate of drug-likeness (QED) is 0.327. The number of carbonyl (C=O) groups excluding carboxylic acids is 3. The molecule has 1 aliphatic rings. The number of ether oxygens (including phenoxy) is 2. The maximum Gasteiger partial charge on any atom is 0.293 e. The number of imide groups is 1. The summed E-state index contributed by atoms with van der Waals surface area (Å²) in [6.45, 7) is -0.0142. The smallest absolute Gasteiger partial charge is 0.293 e. The van der Waals surface area contributed by atoms with E-state index in [4.69, 9.17) is 32.7 Å². The molecule has 0 bridgehead atoms. The highest BCUT2D eigenvalue weighted by Gasteiger charge is 2.34. The first kappa shape index (κ1) is 25.6. The van der Waals surface area contributed by atoms with Crippen LogP contribution in [0, 0.1) is 0 Å². The van der Waals surface area contributed by atoms with E-state index in [1.165, 1.54) is 0 Å². The van der Waals surface area contributed by atoms with Crippen molar-refractivity contribution in [2.75, 3.05) is 25.1 Å². The van der Waals surface area contributed by atoms with Gasteiger partial charge in [-0.1, -0.05) is 59.6 Å². The van der Waals surface area contributed by atoms with Gasteiger partial charge in [-0.25, -0.2) is 0 Å². The molecular weight excluding hydrogens is 523 g/mol. The van der Waals surface area contributed by atoms with Crippen molar-refractivity contribution in [1.82, 2.24) is 4.90 Å². The summed E-state index contributed by atoms with van der Waals surface area (Å²) in [7, 11) is 0. The molecule has 3 aromatic rings. The maximum absolute atomic E-state index is 12.7. The molecule has 0 saturated carbocycles. The Morgan fingerprint density at radius 2 is 1.64 bits per heavy atom. The fourth-order valence-corrected chi connectivity index (χ4v) is 4.54. The van der Waals surface area contributed by atoms with Gasteiger partial charge in [0.1, 0.15) is 18.1 Å². The number of anilines is 1. The van der Waals surface area contributed by atoms with Gasteiger partial charge < -0.3 is 14.8 Å². The van der Waals surface area contributed by atoms with Crippen LogP contribution in [0.2, 0.25) is 10.0 Å². The van der Waals surface area contributed by atoms with Crippen molar-refractivity contribution in [3.8, 4) is 11.5 Å². The van der Waals surface area contributed by atoms with Gasteiger partial charge in [0.05, 0.1) is 21.5 Å². The monoisotopic (exact) mass is 542 g/mol. The molecule has 36 heavy (non-hydrogen) atoms. The van der Waals surface area contributed by atoms with Crippen molar-refractivity contribution in [1.29, 1.82) is 0 Å². The van der Waals surface area contributed by atoms with E-state index in [9.17, 15) is 14.4 Å². The second-order valence-electron chi connectivity index (χ2n) is 7.50. The van der Waals surface area contributed by atoms with Crippen LogP contribution in [0.3, 0.4) is 0 Å². The fraction of sp³-hybridized carbons (Fsp3) is 0.115. The lowest BCUT2D eigenvalue weighted by atomic mass is 10.2. The number of benzene rings is 3. The number of carbonyl (C=O) groups is 3. The summed E-state index contributed by atoms with van der Waals surface area (Å²) in [5, 5.41) is 3.06. The molecule has 7 nitrogen and oxygen atoms in total. The lowest BCUT2D eigenvalue weighted by molar-refractivity contribution is -0.123. The van der Waals surface area contributed by atoms with Crippen LogP contribution in [0.25, 0.3) is 6.08 Å². The average molecular weight is 543 g/mol. The third-order valence-corrected chi connectivity index (χ3v) is 6.47.